The Labute approximate surface area is 193 Å². The zero-order valence-corrected chi connectivity index (χ0v) is 19.7. The van der Waals surface area contributed by atoms with E-state index in [1.165, 1.54) is 70.1 Å². The zero-order valence-electron chi connectivity index (χ0n) is 19.7. The Hall–Kier alpha value is -2.34. The average molecular weight is 437 g/mol. The highest BCUT2D eigenvalue weighted by Gasteiger charge is 2.23. The second kappa shape index (κ2) is 12.0. The molecule has 174 valence electrons. The summed E-state index contributed by atoms with van der Waals surface area (Å²) in [6, 6.07) is 11.0. The number of piperidine rings is 1. The molecule has 2 heterocycles. The molecule has 1 aliphatic heterocycles. The third-order valence-electron chi connectivity index (χ3n) is 6.89. The van der Waals surface area contributed by atoms with Gasteiger partial charge in [-0.1, -0.05) is 49.6 Å². The van der Waals surface area contributed by atoms with E-state index in [2.05, 4.69) is 62.3 Å². The van der Waals surface area contributed by atoms with Crippen LogP contribution in [0.25, 0.3) is 0 Å². The van der Waals surface area contributed by atoms with Crippen LogP contribution in [-0.2, 0) is 13.1 Å². The number of nitrogens with one attached hydrogen (secondary N) is 2. The number of rotatable bonds is 8. The van der Waals surface area contributed by atoms with Crippen LogP contribution in [0, 0.1) is 5.92 Å². The fourth-order valence-electron chi connectivity index (χ4n) is 5.07. The first-order valence-corrected chi connectivity index (χ1v) is 12.6. The molecule has 0 radical (unpaired) electrons. The number of likely N-dealkylation sites (tertiary alicyclic amines) is 1. The lowest BCUT2D eigenvalue weighted by Gasteiger charge is -2.36. The molecule has 1 aliphatic carbocycles. The Morgan fingerprint density at radius 3 is 2.59 bits per heavy atom. The fourth-order valence-corrected chi connectivity index (χ4v) is 5.07. The number of benzene rings is 1. The van der Waals surface area contributed by atoms with E-state index in [9.17, 15) is 0 Å². The summed E-state index contributed by atoms with van der Waals surface area (Å²) in [5.74, 6) is 2.84. The molecule has 4 rings (SSSR count). The molecule has 1 aromatic carbocycles. The summed E-state index contributed by atoms with van der Waals surface area (Å²) in [7, 11) is 0. The molecule has 1 saturated heterocycles. The van der Waals surface area contributed by atoms with Crippen molar-refractivity contribution in [3.63, 3.8) is 0 Å². The van der Waals surface area contributed by atoms with Crippen molar-refractivity contribution in [2.24, 2.45) is 10.9 Å². The maximum Gasteiger partial charge on any atom is 0.191 e. The largest absolute Gasteiger partial charge is 0.357 e. The third kappa shape index (κ3) is 6.83. The van der Waals surface area contributed by atoms with Crippen LogP contribution >= 0.6 is 0 Å². The van der Waals surface area contributed by atoms with E-state index in [-0.39, 0.29) is 0 Å². The first kappa shape index (κ1) is 22.8. The number of aromatic nitrogens is 2. The Morgan fingerprint density at radius 1 is 1.06 bits per heavy atom. The molecule has 6 nitrogen and oxygen atoms in total. The van der Waals surface area contributed by atoms with Crippen LogP contribution in [0.1, 0.15) is 63.3 Å². The standard InChI is InChI=1S/C26H40N6/c1-2-27-26(29-19-25-28-15-18-32(25)21-23-11-7-4-8-12-23)30-24-13-16-31(17-14-24)20-22-9-5-3-6-10-22/h4,7-8,11-12,15,18,22,24H,2-3,5-6,9-10,13-14,16-17,19-21H2,1H3,(H2,27,29,30). The molecule has 0 spiro atoms. The molecule has 2 N–H and O–H groups in total. The molecule has 0 amide bonds. The topological polar surface area (TPSA) is 57.5 Å². The normalized spacial score (nSPS) is 19.2. The molecule has 2 aromatic rings. The lowest BCUT2D eigenvalue weighted by Crippen LogP contribution is -2.49. The van der Waals surface area contributed by atoms with Crippen LogP contribution in [0.2, 0.25) is 0 Å². The van der Waals surface area contributed by atoms with Crippen molar-refractivity contribution in [3.8, 4) is 0 Å². The Morgan fingerprint density at radius 2 is 1.84 bits per heavy atom. The van der Waals surface area contributed by atoms with Crippen molar-refractivity contribution < 1.29 is 0 Å². The van der Waals surface area contributed by atoms with Gasteiger partial charge in [-0.2, -0.15) is 0 Å². The van der Waals surface area contributed by atoms with Crippen molar-refractivity contribution in [3.05, 3.63) is 54.1 Å². The average Bonchev–Trinajstić information content (AvgIpc) is 3.27. The van der Waals surface area contributed by atoms with Crippen LogP contribution in [0.5, 0.6) is 0 Å². The van der Waals surface area contributed by atoms with Gasteiger partial charge >= 0.3 is 0 Å². The van der Waals surface area contributed by atoms with Gasteiger partial charge in [-0.05, 0) is 44.1 Å². The summed E-state index contributed by atoms with van der Waals surface area (Å²) in [4.78, 5) is 12.1. The van der Waals surface area contributed by atoms with Gasteiger partial charge in [0, 0.05) is 51.2 Å². The summed E-state index contributed by atoms with van der Waals surface area (Å²) in [5, 5.41) is 7.11. The predicted molar refractivity (Wildman–Crippen MR) is 132 cm³/mol. The molecular formula is C26H40N6. The van der Waals surface area contributed by atoms with Crippen LogP contribution in [0.3, 0.4) is 0 Å². The van der Waals surface area contributed by atoms with Gasteiger partial charge in [0.1, 0.15) is 12.4 Å². The Bertz CT molecular complexity index is 816. The van der Waals surface area contributed by atoms with Gasteiger partial charge < -0.3 is 20.1 Å². The van der Waals surface area contributed by atoms with Crippen molar-refractivity contribution in [1.82, 2.24) is 25.1 Å². The summed E-state index contributed by atoms with van der Waals surface area (Å²) >= 11 is 0. The monoisotopic (exact) mass is 436 g/mol. The predicted octanol–water partition coefficient (Wildman–Crippen LogP) is 4.03. The highest BCUT2D eigenvalue weighted by molar-refractivity contribution is 5.80. The smallest absolute Gasteiger partial charge is 0.191 e. The van der Waals surface area contributed by atoms with E-state index in [1.54, 1.807) is 0 Å². The second-order valence-electron chi connectivity index (χ2n) is 9.38. The van der Waals surface area contributed by atoms with Crippen molar-refractivity contribution >= 4 is 5.96 Å². The van der Waals surface area contributed by atoms with Gasteiger partial charge in [-0.3, -0.25) is 0 Å². The highest BCUT2D eigenvalue weighted by atomic mass is 15.2. The molecule has 1 aromatic heterocycles. The zero-order chi connectivity index (χ0) is 22.0. The lowest BCUT2D eigenvalue weighted by molar-refractivity contribution is 0.160. The minimum atomic E-state index is 0.500. The van der Waals surface area contributed by atoms with Crippen molar-refractivity contribution in [1.29, 1.82) is 0 Å². The van der Waals surface area contributed by atoms with E-state index in [1.807, 2.05) is 12.4 Å². The number of nitrogens with zero attached hydrogens (tertiary/aromatic N) is 4. The molecule has 0 bridgehead atoms. The summed E-state index contributed by atoms with van der Waals surface area (Å²) in [5.41, 5.74) is 1.28. The lowest BCUT2D eigenvalue weighted by atomic mass is 9.88. The molecule has 2 fully saturated rings. The number of hydrogen-bond donors (Lipinski definition) is 2. The van der Waals surface area contributed by atoms with Gasteiger partial charge in [0.15, 0.2) is 5.96 Å². The Kier molecular flexibility index (Phi) is 8.60. The first-order chi connectivity index (χ1) is 15.8. The minimum absolute atomic E-state index is 0.500. The van der Waals surface area contributed by atoms with Gasteiger partial charge in [-0.25, -0.2) is 9.98 Å². The van der Waals surface area contributed by atoms with Crippen molar-refractivity contribution in [2.75, 3.05) is 26.2 Å². The van der Waals surface area contributed by atoms with Crippen LogP contribution in [0.15, 0.2) is 47.7 Å². The van der Waals surface area contributed by atoms with Crippen LogP contribution in [0.4, 0.5) is 0 Å². The SMILES string of the molecule is CCNC(=NCc1nccn1Cc1ccccc1)NC1CCN(CC2CCCCC2)CC1. The summed E-state index contributed by atoms with van der Waals surface area (Å²) in [6.07, 6.45) is 13.5. The van der Waals surface area contributed by atoms with E-state index in [4.69, 9.17) is 4.99 Å². The first-order valence-electron chi connectivity index (χ1n) is 12.6. The quantitative estimate of drug-likeness (QED) is 0.485. The fraction of sp³-hybridized carbons (Fsp3) is 0.615. The van der Waals surface area contributed by atoms with E-state index in [0.717, 1.165) is 30.8 Å². The van der Waals surface area contributed by atoms with Crippen LogP contribution < -0.4 is 10.6 Å². The van der Waals surface area contributed by atoms with Crippen molar-refractivity contribution in [2.45, 2.75) is 71.0 Å². The molecule has 1 saturated carbocycles. The van der Waals surface area contributed by atoms with Gasteiger partial charge in [0.2, 0.25) is 0 Å². The number of hydrogen-bond acceptors (Lipinski definition) is 3. The highest BCUT2D eigenvalue weighted by Crippen LogP contribution is 2.25. The van der Waals surface area contributed by atoms with E-state index >= 15 is 0 Å². The van der Waals surface area contributed by atoms with Crippen LogP contribution in [-0.4, -0.2) is 52.6 Å². The maximum atomic E-state index is 4.86. The molecule has 0 atom stereocenters. The maximum absolute atomic E-state index is 4.86. The second-order valence-corrected chi connectivity index (χ2v) is 9.38. The molecule has 32 heavy (non-hydrogen) atoms. The molecule has 2 aliphatic rings. The molecule has 0 unspecified atom stereocenters. The summed E-state index contributed by atoms with van der Waals surface area (Å²) < 4.78 is 2.19. The third-order valence-corrected chi connectivity index (χ3v) is 6.89. The Balaban J connectivity index is 1.27. The van der Waals surface area contributed by atoms with Gasteiger partial charge in [0.25, 0.3) is 0 Å². The van der Waals surface area contributed by atoms with Gasteiger partial charge in [0.05, 0.1) is 0 Å². The van der Waals surface area contributed by atoms with Gasteiger partial charge in [-0.15, -0.1) is 0 Å². The van der Waals surface area contributed by atoms with E-state index < -0.39 is 0 Å². The molecular weight excluding hydrogens is 396 g/mol. The number of guanidine groups is 1. The number of imidazole rings is 1. The van der Waals surface area contributed by atoms with E-state index in [0.29, 0.717) is 12.6 Å². The minimum Gasteiger partial charge on any atom is -0.357 e. The molecule has 6 heteroatoms. The number of aliphatic imine (C=N–C) groups is 1. The summed E-state index contributed by atoms with van der Waals surface area (Å²) in [6.45, 7) is 8.12.